The number of nitrogens with zero attached hydrogens (tertiary/aromatic N) is 5. The summed E-state index contributed by atoms with van der Waals surface area (Å²) in [7, 11) is 0. The number of fused-ring (bicyclic) bond motifs is 2. The summed E-state index contributed by atoms with van der Waals surface area (Å²) in [5.74, 6) is 0.658. The number of amides is 2. The van der Waals surface area contributed by atoms with Gasteiger partial charge in [0, 0.05) is 50.6 Å². The number of thiophene rings is 1. The highest BCUT2D eigenvalue weighted by atomic mass is 32.1. The van der Waals surface area contributed by atoms with E-state index in [0.717, 1.165) is 54.3 Å². The second kappa shape index (κ2) is 9.16. The summed E-state index contributed by atoms with van der Waals surface area (Å²) >= 11 is 6.53. The number of aromatic nitrogens is 2. The predicted octanol–water partition coefficient (Wildman–Crippen LogP) is 2.87. The van der Waals surface area contributed by atoms with Crippen molar-refractivity contribution in [1.29, 1.82) is 0 Å². The van der Waals surface area contributed by atoms with Crippen LogP contribution in [0.15, 0.2) is 30.6 Å². The van der Waals surface area contributed by atoms with Crippen LogP contribution in [-0.4, -0.2) is 63.8 Å². The van der Waals surface area contributed by atoms with E-state index in [1.165, 1.54) is 16.0 Å². The monoisotopic (exact) mass is 508 g/mol. The molecule has 0 radical (unpaired) electrons. The van der Waals surface area contributed by atoms with E-state index in [0.29, 0.717) is 19.4 Å². The standard InChI is InChI=1S/C25H28N6O2S2/c1-15-10-19-22(26-14-27-24(19)35-15)30-8-6-29(7-9-30)12-16-2-3-18-17(11-16)13-31(25(18)34)20-4-5-21(32)28-23(20)33/h2-3,10-11,14,20,25,34H,4-9,12-13H2,1H3,(H,28,32,33). The molecule has 0 bridgehead atoms. The third kappa shape index (κ3) is 4.33. The van der Waals surface area contributed by atoms with Crippen molar-refractivity contribution in [3.8, 4) is 0 Å². The molecule has 2 amide bonds. The zero-order chi connectivity index (χ0) is 24.1. The van der Waals surface area contributed by atoms with E-state index in [-0.39, 0.29) is 23.2 Å². The molecule has 2 atom stereocenters. The lowest BCUT2D eigenvalue weighted by molar-refractivity contribution is -0.137. The van der Waals surface area contributed by atoms with Crippen LogP contribution in [0, 0.1) is 6.92 Å². The van der Waals surface area contributed by atoms with Gasteiger partial charge in [0.15, 0.2) is 0 Å². The number of carbonyl (C=O) groups is 2. The Balaban J connectivity index is 1.10. The number of hydrogen-bond acceptors (Lipinski definition) is 9. The molecule has 0 aliphatic carbocycles. The lowest BCUT2D eigenvalue weighted by Gasteiger charge is -2.35. The molecule has 3 aliphatic rings. The lowest BCUT2D eigenvalue weighted by Crippen LogP contribution is -2.51. The second-order valence-electron chi connectivity index (χ2n) is 9.58. The van der Waals surface area contributed by atoms with E-state index in [9.17, 15) is 9.59 Å². The summed E-state index contributed by atoms with van der Waals surface area (Å²) in [5.41, 5.74) is 3.66. The van der Waals surface area contributed by atoms with E-state index in [2.05, 4.69) is 61.2 Å². The number of imide groups is 1. The number of rotatable bonds is 4. The fourth-order valence-corrected chi connectivity index (χ4v) is 6.82. The lowest BCUT2D eigenvalue weighted by atomic mass is 10.0. The van der Waals surface area contributed by atoms with Crippen LogP contribution in [-0.2, 0) is 22.7 Å². The maximum Gasteiger partial charge on any atom is 0.243 e. The van der Waals surface area contributed by atoms with Crippen LogP contribution in [0.1, 0.15) is 39.8 Å². The van der Waals surface area contributed by atoms with Crippen molar-refractivity contribution in [1.82, 2.24) is 25.1 Å². The molecule has 35 heavy (non-hydrogen) atoms. The Morgan fingerprint density at radius 2 is 1.97 bits per heavy atom. The number of anilines is 1. The highest BCUT2D eigenvalue weighted by Gasteiger charge is 2.39. The number of aryl methyl sites for hydroxylation is 1. The average Bonchev–Trinajstić information content (AvgIpc) is 3.38. The van der Waals surface area contributed by atoms with Gasteiger partial charge in [0.1, 0.15) is 17.0 Å². The molecule has 3 aliphatic heterocycles. The van der Waals surface area contributed by atoms with Crippen molar-refractivity contribution in [2.45, 2.75) is 44.3 Å². The number of nitrogens with one attached hydrogen (secondary N) is 1. The normalized spacial score (nSPS) is 23.7. The van der Waals surface area contributed by atoms with Crippen LogP contribution < -0.4 is 10.2 Å². The first kappa shape index (κ1) is 22.9. The Morgan fingerprint density at radius 3 is 2.77 bits per heavy atom. The van der Waals surface area contributed by atoms with Gasteiger partial charge in [-0.2, -0.15) is 12.6 Å². The first-order chi connectivity index (χ1) is 17.0. The van der Waals surface area contributed by atoms with E-state index >= 15 is 0 Å². The van der Waals surface area contributed by atoms with E-state index < -0.39 is 0 Å². The minimum absolute atomic E-state index is 0.128. The number of thiol groups is 1. The van der Waals surface area contributed by atoms with Crippen LogP contribution in [0.3, 0.4) is 0 Å². The maximum atomic E-state index is 12.4. The van der Waals surface area contributed by atoms with Crippen molar-refractivity contribution in [3.63, 3.8) is 0 Å². The smallest absolute Gasteiger partial charge is 0.243 e. The van der Waals surface area contributed by atoms with Gasteiger partial charge >= 0.3 is 0 Å². The van der Waals surface area contributed by atoms with Crippen LogP contribution in [0.25, 0.3) is 10.2 Å². The Kier molecular flexibility index (Phi) is 6.00. The topological polar surface area (TPSA) is 81.7 Å². The molecule has 2 fully saturated rings. The SMILES string of the molecule is Cc1cc2c(N3CCN(Cc4ccc5c(c4)CN(C4CCC(=O)NC4=O)C5S)CC3)ncnc2s1. The van der Waals surface area contributed by atoms with Gasteiger partial charge in [0.25, 0.3) is 0 Å². The molecule has 8 nitrogen and oxygen atoms in total. The molecule has 2 aromatic heterocycles. The highest BCUT2D eigenvalue weighted by Crippen LogP contribution is 2.39. The molecule has 6 rings (SSSR count). The second-order valence-corrected chi connectivity index (χ2v) is 11.3. The number of carbonyl (C=O) groups excluding carboxylic acids is 2. The molecule has 2 unspecified atom stereocenters. The van der Waals surface area contributed by atoms with Gasteiger partial charge in [0.2, 0.25) is 11.8 Å². The van der Waals surface area contributed by atoms with Gasteiger partial charge in [-0.1, -0.05) is 18.2 Å². The largest absolute Gasteiger partial charge is 0.353 e. The zero-order valence-electron chi connectivity index (χ0n) is 19.6. The molecule has 1 N–H and O–H groups in total. The van der Waals surface area contributed by atoms with Gasteiger partial charge in [-0.3, -0.25) is 24.7 Å². The molecule has 3 aromatic rings. The maximum absolute atomic E-state index is 12.4. The fraction of sp³-hybridized carbons (Fsp3) is 0.440. The molecule has 2 saturated heterocycles. The van der Waals surface area contributed by atoms with Crippen molar-refractivity contribution in [3.05, 3.63) is 52.2 Å². The Hall–Kier alpha value is -2.53. The number of hydrogen-bond donors (Lipinski definition) is 2. The quantitative estimate of drug-likeness (QED) is 0.414. The zero-order valence-corrected chi connectivity index (χ0v) is 21.3. The third-order valence-electron chi connectivity index (χ3n) is 7.27. The average molecular weight is 509 g/mol. The van der Waals surface area contributed by atoms with Crippen LogP contribution in [0.5, 0.6) is 0 Å². The summed E-state index contributed by atoms with van der Waals surface area (Å²) in [6.07, 6.45) is 2.61. The van der Waals surface area contributed by atoms with Crippen molar-refractivity contribution >= 4 is 51.8 Å². The summed E-state index contributed by atoms with van der Waals surface area (Å²) in [6, 6.07) is 8.49. The molecule has 182 valence electrons. The van der Waals surface area contributed by atoms with Gasteiger partial charge in [-0.15, -0.1) is 11.3 Å². The van der Waals surface area contributed by atoms with Gasteiger partial charge in [-0.25, -0.2) is 9.97 Å². The fourth-order valence-electron chi connectivity index (χ4n) is 5.48. The number of piperidine rings is 1. The molecule has 0 saturated carbocycles. The summed E-state index contributed by atoms with van der Waals surface area (Å²) < 4.78 is 0. The number of piperazine rings is 1. The Labute approximate surface area is 213 Å². The summed E-state index contributed by atoms with van der Waals surface area (Å²) in [4.78, 5) is 42.2. The molecular weight excluding hydrogens is 480 g/mol. The van der Waals surface area contributed by atoms with E-state index in [4.69, 9.17) is 12.6 Å². The van der Waals surface area contributed by atoms with E-state index in [1.54, 1.807) is 17.7 Å². The Bertz CT molecular complexity index is 1300. The molecular formula is C25H28N6O2S2. The minimum Gasteiger partial charge on any atom is -0.353 e. The van der Waals surface area contributed by atoms with Crippen molar-refractivity contribution < 1.29 is 9.59 Å². The van der Waals surface area contributed by atoms with Gasteiger partial charge in [0.05, 0.1) is 16.8 Å². The molecule has 0 spiro atoms. The van der Waals surface area contributed by atoms with Gasteiger partial charge < -0.3 is 4.90 Å². The first-order valence-electron chi connectivity index (χ1n) is 12.0. The highest BCUT2D eigenvalue weighted by molar-refractivity contribution is 7.80. The third-order valence-corrected chi connectivity index (χ3v) is 8.81. The summed E-state index contributed by atoms with van der Waals surface area (Å²) in [5, 5.41) is 3.50. The minimum atomic E-state index is -0.306. The van der Waals surface area contributed by atoms with Crippen molar-refractivity contribution in [2.75, 3.05) is 31.1 Å². The molecule has 10 heteroatoms. The van der Waals surface area contributed by atoms with Crippen molar-refractivity contribution in [2.24, 2.45) is 0 Å². The van der Waals surface area contributed by atoms with Crippen LogP contribution >= 0.6 is 24.0 Å². The molecule has 1 aromatic carbocycles. The predicted molar refractivity (Wildman–Crippen MR) is 140 cm³/mol. The molecule has 5 heterocycles. The summed E-state index contributed by atoms with van der Waals surface area (Å²) in [6.45, 7) is 7.52. The first-order valence-corrected chi connectivity index (χ1v) is 13.4. The van der Waals surface area contributed by atoms with E-state index in [1.807, 2.05) is 0 Å². The number of benzene rings is 1. The van der Waals surface area contributed by atoms with Gasteiger partial charge in [-0.05, 0) is 36.1 Å². The van der Waals surface area contributed by atoms with Crippen LogP contribution in [0.4, 0.5) is 5.82 Å². The Morgan fingerprint density at radius 1 is 1.14 bits per heavy atom. The van der Waals surface area contributed by atoms with Crippen LogP contribution in [0.2, 0.25) is 0 Å².